The number of rotatable bonds is 2. The van der Waals surface area contributed by atoms with Gasteiger partial charge in [0, 0.05) is 11.1 Å². The Morgan fingerprint density at radius 2 is 1.39 bits per heavy atom. The average molecular weight is 310 g/mol. The highest BCUT2D eigenvalue weighted by molar-refractivity contribution is 6.11. The fourth-order valence-electron chi connectivity index (χ4n) is 2.90. The summed E-state index contributed by atoms with van der Waals surface area (Å²) >= 11 is 0. The quantitative estimate of drug-likeness (QED) is 0.772. The second-order valence-corrected chi connectivity index (χ2v) is 8.08. The van der Waals surface area contributed by atoms with Crippen LogP contribution in [0.2, 0.25) is 0 Å². The second kappa shape index (κ2) is 5.84. The van der Waals surface area contributed by atoms with Crippen molar-refractivity contribution in [3.63, 3.8) is 0 Å². The third kappa shape index (κ3) is 3.47. The largest absolute Gasteiger partial charge is 0.507 e. The molecule has 122 valence electrons. The Morgan fingerprint density at radius 1 is 0.826 bits per heavy atom. The van der Waals surface area contributed by atoms with Gasteiger partial charge >= 0.3 is 0 Å². The molecule has 0 aliphatic heterocycles. The zero-order valence-electron chi connectivity index (χ0n) is 14.9. The van der Waals surface area contributed by atoms with Gasteiger partial charge in [-0.1, -0.05) is 77.9 Å². The van der Waals surface area contributed by atoms with E-state index in [0.29, 0.717) is 11.1 Å². The fraction of sp³-hybridized carbons (Fsp3) is 0.381. The van der Waals surface area contributed by atoms with E-state index in [4.69, 9.17) is 0 Å². The third-order valence-corrected chi connectivity index (χ3v) is 4.02. The lowest BCUT2D eigenvalue weighted by Gasteiger charge is -2.31. The van der Waals surface area contributed by atoms with Gasteiger partial charge in [-0.3, -0.25) is 4.79 Å². The van der Waals surface area contributed by atoms with Crippen molar-refractivity contribution in [2.45, 2.75) is 52.4 Å². The van der Waals surface area contributed by atoms with E-state index in [-0.39, 0.29) is 22.4 Å². The summed E-state index contributed by atoms with van der Waals surface area (Å²) in [5.41, 5.74) is 2.54. The van der Waals surface area contributed by atoms with E-state index < -0.39 is 0 Å². The van der Waals surface area contributed by atoms with Crippen LogP contribution in [0.5, 0.6) is 5.75 Å². The normalized spacial score (nSPS) is 12.3. The molecular weight excluding hydrogens is 284 g/mol. The van der Waals surface area contributed by atoms with Crippen molar-refractivity contribution in [3.8, 4) is 5.75 Å². The molecule has 0 aliphatic rings. The number of phenolic OH excluding ortho intramolecular Hbond substituents is 1. The Balaban J connectivity index is 2.68. The average Bonchev–Trinajstić information content (AvgIpc) is 2.45. The Kier molecular flexibility index (Phi) is 4.39. The highest BCUT2D eigenvalue weighted by atomic mass is 16.3. The zero-order valence-corrected chi connectivity index (χ0v) is 14.9. The first-order chi connectivity index (χ1) is 10.5. The molecule has 2 aromatic carbocycles. The van der Waals surface area contributed by atoms with Crippen LogP contribution in [0.15, 0.2) is 42.5 Å². The number of hydrogen-bond donors (Lipinski definition) is 1. The maximum absolute atomic E-state index is 12.7. The van der Waals surface area contributed by atoms with Crippen molar-refractivity contribution >= 4 is 5.78 Å². The van der Waals surface area contributed by atoms with Crippen molar-refractivity contribution in [3.05, 3.63) is 64.7 Å². The van der Waals surface area contributed by atoms with Crippen LogP contribution in [0.3, 0.4) is 0 Å². The lowest BCUT2D eigenvalue weighted by molar-refractivity contribution is 0.103. The van der Waals surface area contributed by atoms with Crippen molar-refractivity contribution in [1.82, 2.24) is 0 Å². The molecule has 1 N–H and O–H groups in total. The van der Waals surface area contributed by atoms with Crippen LogP contribution in [0.25, 0.3) is 0 Å². The lowest BCUT2D eigenvalue weighted by Crippen LogP contribution is -2.23. The van der Waals surface area contributed by atoms with Gasteiger partial charge in [0.05, 0.1) is 5.56 Å². The molecule has 2 aromatic rings. The highest BCUT2D eigenvalue weighted by Gasteiger charge is 2.30. The molecule has 0 saturated carbocycles. The summed E-state index contributed by atoms with van der Waals surface area (Å²) in [5.74, 6) is -0.0344. The summed E-state index contributed by atoms with van der Waals surface area (Å²) in [6.45, 7) is 12.6. The van der Waals surface area contributed by atoms with Crippen LogP contribution in [0.1, 0.15) is 68.6 Å². The first kappa shape index (κ1) is 17.3. The highest BCUT2D eigenvalue weighted by Crippen LogP contribution is 2.41. The van der Waals surface area contributed by atoms with Crippen LogP contribution in [0, 0.1) is 0 Å². The predicted octanol–water partition coefficient (Wildman–Crippen LogP) is 5.22. The number of ketones is 1. The Bertz CT molecular complexity index is 714. The fourth-order valence-corrected chi connectivity index (χ4v) is 2.90. The molecule has 2 heteroatoms. The Labute approximate surface area is 139 Å². The summed E-state index contributed by atoms with van der Waals surface area (Å²) in [5, 5.41) is 10.9. The molecule has 0 heterocycles. The molecule has 0 atom stereocenters. The SMILES string of the molecule is CC(C)(C)c1ccc(C(=O)c2ccccc2)c(O)c1C(C)(C)C. The minimum absolute atomic E-state index is 0.103. The van der Waals surface area contributed by atoms with Crippen LogP contribution in [-0.4, -0.2) is 10.9 Å². The maximum Gasteiger partial charge on any atom is 0.196 e. The summed E-state index contributed by atoms with van der Waals surface area (Å²) in [4.78, 5) is 12.7. The Morgan fingerprint density at radius 3 is 1.87 bits per heavy atom. The third-order valence-electron chi connectivity index (χ3n) is 4.02. The lowest BCUT2D eigenvalue weighted by atomic mass is 9.73. The van der Waals surface area contributed by atoms with E-state index in [0.717, 1.165) is 11.1 Å². The van der Waals surface area contributed by atoms with Crippen molar-refractivity contribution < 1.29 is 9.90 Å². The molecule has 2 rings (SSSR count). The van der Waals surface area contributed by atoms with Gasteiger partial charge in [-0.15, -0.1) is 0 Å². The monoisotopic (exact) mass is 310 g/mol. The molecule has 0 amide bonds. The van der Waals surface area contributed by atoms with E-state index >= 15 is 0 Å². The summed E-state index contributed by atoms with van der Waals surface area (Å²) in [6, 6.07) is 12.8. The number of aromatic hydroxyl groups is 1. The van der Waals surface area contributed by atoms with Gasteiger partial charge in [0.25, 0.3) is 0 Å². The molecule has 0 bridgehead atoms. The van der Waals surface area contributed by atoms with E-state index in [1.807, 2.05) is 24.3 Å². The first-order valence-corrected chi connectivity index (χ1v) is 8.00. The van der Waals surface area contributed by atoms with E-state index in [9.17, 15) is 9.90 Å². The van der Waals surface area contributed by atoms with E-state index in [2.05, 4.69) is 41.5 Å². The molecule has 0 fully saturated rings. The minimum atomic E-state index is -0.250. The second-order valence-electron chi connectivity index (χ2n) is 8.08. The minimum Gasteiger partial charge on any atom is -0.507 e. The first-order valence-electron chi connectivity index (χ1n) is 8.00. The van der Waals surface area contributed by atoms with Crippen molar-refractivity contribution in [1.29, 1.82) is 0 Å². The molecule has 0 unspecified atom stereocenters. The molecule has 0 radical (unpaired) electrons. The Hall–Kier alpha value is -2.09. The summed E-state index contributed by atoms with van der Waals surface area (Å²) in [7, 11) is 0. The molecule has 0 saturated heterocycles. The molecule has 0 aliphatic carbocycles. The van der Waals surface area contributed by atoms with Gasteiger partial charge in [0.15, 0.2) is 5.78 Å². The maximum atomic E-state index is 12.7. The molecular formula is C21H26O2. The predicted molar refractivity (Wildman–Crippen MR) is 95.4 cm³/mol. The van der Waals surface area contributed by atoms with E-state index in [1.165, 1.54) is 0 Å². The van der Waals surface area contributed by atoms with Gasteiger partial charge in [-0.2, -0.15) is 0 Å². The zero-order chi connectivity index (χ0) is 17.4. The van der Waals surface area contributed by atoms with Gasteiger partial charge in [0.1, 0.15) is 5.75 Å². The molecule has 2 nitrogen and oxygen atoms in total. The molecule has 0 aromatic heterocycles. The van der Waals surface area contributed by atoms with Crippen LogP contribution < -0.4 is 0 Å². The van der Waals surface area contributed by atoms with E-state index in [1.54, 1.807) is 18.2 Å². The van der Waals surface area contributed by atoms with Crippen LogP contribution >= 0.6 is 0 Å². The standard InChI is InChI=1S/C21H26O2/c1-20(2,3)16-13-12-15(19(23)17(16)21(4,5)6)18(22)14-10-8-7-9-11-14/h7-13,23H,1-6H3. The van der Waals surface area contributed by atoms with Crippen LogP contribution in [-0.2, 0) is 10.8 Å². The van der Waals surface area contributed by atoms with Gasteiger partial charge in [-0.05, 0) is 22.5 Å². The molecule has 23 heavy (non-hydrogen) atoms. The number of hydrogen-bond acceptors (Lipinski definition) is 2. The van der Waals surface area contributed by atoms with Gasteiger partial charge < -0.3 is 5.11 Å². The topological polar surface area (TPSA) is 37.3 Å². The van der Waals surface area contributed by atoms with Gasteiger partial charge in [-0.25, -0.2) is 0 Å². The van der Waals surface area contributed by atoms with Gasteiger partial charge in [0.2, 0.25) is 0 Å². The molecule has 0 spiro atoms. The summed E-state index contributed by atoms with van der Waals surface area (Å²) < 4.78 is 0. The number of carbonyl (C=O) groups is 1. The summed E-state index contributed by atoms with van der Waals surface area (Å²) in [6.07, 6.45) is 0. The van der Waals surface area contributed by atoms with Crippen molar-refractivity contribution in [2.24, 2.45) is 0 Å². The number of benzene rings is 2. The number of phenols is 1. The van der Waals surface area contributed by atoms with Crippen molar-refractivity contribution in [2.75, 3.05) is 0 Å². The van der Waals surface area contributed by atoms with Crippen LogP contribution in [0.4, 0.5) is 0 Å². The smallest absolute Gasteiger partial charge is 0.196 e. The number of carbonyl (C=O) groups excluding carboxylic acids is 1.